The molecule has 0 saturated heterocycles. The van der Waals surface area contributed by atoms with Crippen LogP contribution in [0.1, 0.15) is 91.5 Å². The summed E-state index contributed by atoms with van der Waals surface area (Å²) < 4.78 is 63.9. The first-order valence-corrected chi connectivity index (χ1v) is 25.6. The molecule has 0 saturated carbocycles. The van der Waals surface area contributed by atoms with Crippen molar-refractivity contribution in [3.63, 3.8) is 0 Å². The number of carbonyl (C=O) groups is 4. The minimum absolute atomic E-state index is 0.103. The fraction of sp³-hybridized carbons (Fsp3) is 0.182. The highest BCUT2D eigenvalue weighted by molar-refractivity contribution is 5.90. The number of hydrogen-bond acceptors (Lipinski definition) is 15. The standard InChI is InChI=1S/C66H60O15/c1-6-44-7-9-45(10-8-44)36-75-37-50-27-57(80-42-51-29-59(76-38-46-11-19-53(20-12-46)63(67)71-2)34-60(30-51)77-39-47-13-21-54(22-14-47)64(68)72-3)33-58(28-50)81-43-52-31-61(78-40-48-15-23-55(24-16-48)65(69)73-4)35-62(32-52)79-41-49-17-25-56(26-18-49)66(70)74-5/h6-35H,1,36-43H2,2-5H3. The lowest BCUT2D eigenvalue weighted by atomic mass is 10.1. The van der Waals surface area contributed by atoms with E-state index < -0.39 is 23.9 Å². The molecule has 8 aromatic carbocycles. The van der Waals surface area contributed by atoms with Crippen LogP contribution in [0.5, 0.6) is 34.5 Å². The second-order valence-corrected chi connectivity index (χ2v) is 18.4. The number of carbonyl (C=O) groups excluding carboxylic acids is 4. The van der Waals surface area contributed by atoms with Gasteiger partial charge in [-0.2, -0.15) is 0 Å². The number of benzene rings is 8. The highest BCUT2D eigenvalue weighted by atomic mass is 16.5. The largest absolute Gasteiger partial charge is 0.489 e. The number of ether oxygens (including phenoxy) is 11. The molecule has 8 rings (SSSR count). The fourth-order valence-corrected chi connectivity index (χ4v) is 8.10. The van der Waals surface area contributed by atoms with Crippen LogP contribution in [0.3, 0.4) is 0 Å². The molecule has 0 spiro atoms. The van der Waals surface area contributed by atoms with Gasteiger partial charge in [0.15, 0.2) is 0 Å². The summed E-state index contributed by atoms with van der Waals surface area (Å²) in [4.78, 5) is 48.3. The highest BCUT2D eigenvalue weighted by Gasteiger charge is 2.14. The predicted molar refractivity (Wildman–Crippen MR) is 301 cm³/mol. The second kappa shape index (κ2) is 28.7. The molecule has 15 nitrogen and oxygen atoms in total. The van der Waals surface area contributed by atoms with Crippen molar-refractivity contribution in [1.29, 1.82) is 0 Å². The number of rotatable bonds is 27. The van der Waals surface area contributed by atoms with Crippen LogP contribution in [0.25, 0.3) is 6.08 Å². The van der Waals surface area contributed by atoms with Gasteiger partial charge in [0.05, 0.1) is 63.9 Å². The summed E-state index contributed by atoms with van der Waals surface area (Å²) in [6, 6.07) is 52.5. The monoisotopic (exact) mass is 1090 g/mol. The zero-order valence-corrected chi connectivity index (χ0v) is 45.3. The SMILES string of the molecule is C=Cc1ccc(COCc2cc(OCc3cc(OCc4ccc(C(=O)OC)cc4)cc(OCc4ccc(C(=O)OC)cc4)c3)cc(OCc3cc(OCc4ccc(C(=O)OC)cc4)cc(OCc4ccc(C(=O)OC)cc4)c3)c2)cc1. The van der Waals surface area contributed by atoms with Gasteiger partial charge in [0.1, 0.15) is 74.1 Å². The number of esters is 4. The van der Waals surface area contributed by atoms with Crippen molar-refractivity contribution in [2.24, 2.45) is 0 Å². The number of methoxy groups -OCH3 is 4. The molecule has 0 aromatic heterocycles. The van der Waals surface area contributed by atoms with E-state index in [0.29, 0.717) is 63.4 Å². The predicted octanol–water partition coefficient (Wildman–Crippen LogP) is 12.7. The van der Waals surface area contributed by atoms with E-state index >= 15 is 0 Å². The Labute approximate surface area is 470 Å². The van der Waals surface area contributed by atoms with Gasteiger partial charge in [-0.1, -0.05) is 85.5 Å². The zero-order chi connectivity index (χ0) is 56.9. The smallest absolute Gasteiger partial charge is 0.337 e. The van der Waals surface area contributed by atoms with Gasteiger partial charge < -0.3 is 52.1 Å². The van der Waals surface area contributed by atoms with E-state index in [1.54, 1.807) is 121 Å². The van der Waals surface area contributed by atoms with Gasteiger partial charge in [-0.25, -0.2) is 19.2 Å². The van der Waals surface area contributed by atoms with Gasteiger partial charge in [0.25, 0.3) is 0 Å². The van der Waals surface area contributed by atoms with Crippen LogP contribution in [-0.4, -0.2) is 52.3 Å². The van der Waals surface area contributed by atoms with E-state index in [9.17, 15) is 19.2 Å². The molecule has 0 aliphatic carbocycles. The summed E-state index contributed by atoms with van der Waals surface area (Å²) in [5, 5.41) is 0. The van der Waals surface area contributed by atoms with Gasteiger partial charge in [0, 0.05) is 18.2 Å². The molecule has 0 fully saturated rings. The van der Waals surface area contributed by atoms with E-state index in [2.05, 4.69) is 6.58 Å². The lowest BCUT2D eigenvalue weighted by molar-refractivity contribution is 0.0592. The lowest BCUT2D eigenvalue weighted by Crippen LogP contribution is -2.04. The second-order valence-electron chi connectivity index (χ2n) is 18.4. The summed E-state index contributed by atoms with van der Waals surface area (Å²) in [7, 11) is 5.34. The molecule has 0 amide bonds. The molecule has 0 atom stereocenters. The third-order valence-corrected chi connectivity index (χ3v) is 12.5. The van der Waals surface area contributed by atoms with E-state index in [1.165, 1.54) is 28.4 Å². The molecule has 0 heterocycles. The van der Waals surface area contributed by atoms with Crippen molar-refractivity contribution in [2.75, 3.05) is 28.4 Å². The number of hydrogen-bond donors (Lipinski definition) is 0. The normalized spacial score (nSPS) is 10.7. The van der Waals surface area contributed by atoms with Crippen LogP contribution >= 0.6 is 0 Å². The maximum Gasteiger partial charge on any atom is 0.337 e. The minimum atomic E-state index is -0.433. The van der Waals surface area contributed by atoms with Crippen LogP contribution in [0.2, 0.25) is 0 Å². The summed E-state index contributed by atoms with van der Waals surface area (Å²) in [5.41, 5.74) is 9.28. The van der Waals surface area contributed by atoms with Crippen LogP contribution in [0.15, 0.2) is 183 Å². The molecule has 0 aliphatic heterocycles. The quantitative estimate of drug-likeness (QED) is 0.0352. The summed E-state index contributed by atoms with van der Waals surface area (Å²) in [5.74, 6) is 1.33. The molecule has 414 valence electrons. The maximum atomic E-state index is 12.1. The molecule has 0 aliphatic rings. The van der Waals surface area contributed by atoms with Gasteiger partial charge in [-0.15, -0.1) is 0 Å². The molecule has 81 heavy (non-hydrogen) atoms. The third-order valence-electron chi connectivity index (χ3n) is 12.5. The molecule has 0 radical (unpaired) electrons. The Morgan fingerprint density at radius 2 is 0.506 bits per heavy atom. The summed E-state index contributed by atoms with van der Waals surface area (Å²) in [6.45, 7) is 5.44. The minimum Gasteiger partial charge on any atom is -0.489 e. The third kappa shape index (κ3) is 17.1. The first-order valence-electron chi connectivity index (χ1n) is 25.6. The van der Waals surface area contributed by atoms with Gasteiger partial charge in [-0.05, 0) is 135 Å². The van der Waals surface area contributed by atoms with Gasteiger partial charge in [0.2, 0.25) is 0 Å². The maximum absolute atomic E-state index is 12.1. The molecule has 0 bridgehead atoms. The van der Waals surface area contributed by atoms with Crippen LogP contribution in [0, 0.1) is 0 Å². The van der Waals surface area contributed by atoms with Crippen LogP contribution < -0.4 is 28.4 Å². The van der Waals surface area contributed by atoms with E-state index in [0.717, 1.165) is 50.1 Å². The highest BCUT2D eigenvalue weighted by Crippen LogP contribution is 2.31. The molecular formula is C66H60O15. The molecule has 8 aromatic rings. The van der Waals surface area contributed by atoms with Crippen molar-refractivity contribution < 1.29 is 71.3 Å². The van der Waals surface area contributed by atoms with Crippen molar-refractivity contribution in [2.45, 2.75) is 52.9 Å². The average Bonchev–Trinajstić information content (AvgIpc) is 3.52. The summed E-state index contributed by atoms with van der Waals surface area (Å²) >= 11 is 0. The average molecular weight is 1090 g/mol. The van der Waals surface area contributed by atoms with Crippen molar-refractivity contribution in [1.82, 2.24) is 0 Å². The first-order chi connectivity index (χ1) is 39.4. The molecular weight excluding hydrogens is 1030 g/mol. The van der Waals surface area contributed by atoms with E-state index in [1.807, 2.05) is 60.7 Å². The Kier molecular flexibility index (Phi) is 20.3. The Bertz CT molecular complexity index is 3050. The van der Waals surface area contributed by atoms with Crippen molar-refractivity contribution in [3.05, 3.63) is 255 Å². The Morgan fingerprint density at radius 3 is 0.753 bits per heavy atom. The van der Waals surface area contributed by atoms with Gasteiger partial charge in [-0.3, -0.25) is 0 Å². The molecule has 0 N–H and O–H groups in total. The molecule has 0 unspecified atom stereocenters. The Hall–Kier alpha value is -9.86. The van der Waals surface area contributed by atoms with Crippen LogP contribution in [-0.2, 0) is 76.5 Å². The lowest BCUT2D eigenvalue weighted by Gasteiger charge is -2.16. The molecule has 15 heteroatoms. The van der Waals surface area contributed by atoms with E-state index in [-0.39, 0.29) is 46.2 Å². The van der Waals surface area contributed by atoms with Crippen molar-refractivity contribution in [3.8, 4) is 34.5 Å². The van der Waals surface area contributed by atoms with Gasteiger partial charge >= 0.3 is 23.9 Å². The van der Waals surface area contributed by atoms with Crippen molar-refractivity contribution >= 4 is 30.0 Å². The van der Waals surface area contributed by atoms with Crippen LogP contribution in [0.4, 0.5) is 0 Å². The first kappa shape index (κ1) is 57.3. The summed E-state index contributed by atoms with van der Waals surface area (Å²) in [6.07, 6.45) is 1.79. The zero-order valence-electron chi connectivity index (χ0n) is 45.3. The Balaban J connectivity index is 1.03. The fourth-order valence-electron chi connectivity index (χ4n) is 8.10. The van der Waals surface area contributed by atoms with E-state index in [4.69, 9.17) is 52.1 Å². The Morgan fingerprint density at radius 1 is 0.296 bits per heavy atom. The topological polar surface area (TPSA) is 170 Å².